The highest BCUT2D eigenvalue weighted by atomic mass is 32.2. The highest BCUT2D eigenvalue weighted by Gasteiger charge is 2.28. The number of carbonyl (C=O) groups is 1. The Morgan fingerprint density at radius 1 is 1.31 bits per heavy atom. The molecule has 2 aromatic heterocycles. The molecule has 0 unspecified atom stereocenters. The predicted octanol–water partition coefficient (Wildman–Crippen LogP) is 5.58. The summed E-state index contributed by atoms with van der Waals surface area (Å²) in [6.45, 7) is 7.90. The lowest BCUT2D eigenvalue weighted by Gasteiger charge is -2.18. The highest BCUT2D eigenvalue weighted by Crippen LogP contribution is 2.38. The minimum atomic E-state index is -0.455. The van der Waals surface area contributed by atoms with Crippen LogP contribution in [0.5, 0.6) is 0 Å². The van der Waals surface area contributed by atoms with E-state index in [-0.39, 0.29) is 18.3 Å². The quantitative estimate of drug-likeness (QED) is 0.301. The summed E-state index contributed by atoms with van der Waals surface area (Å²) in [5.74, 6) is -0.874. The number of benzene rings is 1. The normalized spacial score (nSPS) is 11.1. The van der Waals surface area contributed by atoms with Gasteiger partial charge in [0.1, 0.15) is 16.2 Å². The van der Waals surface area contributed by atoms with E-state index in [1.165, 1.54) is 12.1 Å². The van der Waals surface area contributed by atoms with Crippen molar-refractivity contribution >= 4 is 23.2 Å². The molecule has 0 radical (unpaired) electrons. The molecule has 2 heterocycles. The third kappa shape index (κ3) is 3.85. The fraction of sp³-hybridized carbons (Fsp3) is 0.318. The molecule has 3 rings (SSSR count). The zero-order chi connectivity index (χ0) is 21.1. The number of halogens is 1. The van der Waals surface area contributed by atoms with E-state index >= 15 is 0 Å². The Hall–Kier alpha value is -2.85. The van der Waals surface area contributed by atoms with Gasteiger partial charge in [0.05, 0.1) is 23.4 Å². The van der Waals surface area contributed by atoms with Crippen LogP contribution in [0, 0.1) is 16.5 Å². The number of ether oxygens (including phenoxy) is 1. The lowest BCUT2D eigenvalue weighted by Crippen LogP contribution is -2.16. The van der Waals surface area contributed by atoms with E-state index in [0.29, 0.717) is 33.8 Å². The van der Waals surface area contributed by atoms with Gasteiger partial charge in [-0.1, -0.05) is 32.9 Å². The second-order valence-electron chi connectivity index (χ2n) is 6.83. The SMILES string of the molecule is CCOC(=O)c1c(C(C)C)nn2c(SC#N)cc(CC)c2c1-c1ccc(F)cc1. The van der Waals surface area contributed by atoms with Crippen molar-refractivity contribution in [3.8, 4) is 16.5 Å². The van der Waals surface area contributed by atoms with Gasteiger partial charge in [-0.2, -0.15) is 10.4 Å². The molecule has 0 amide bonds. The molecule has 150 valence electrons. The molecule has 5 nitrogen and oxygen atoms in total. The second kappa shape index (κ2) is 8.66. The van der Waals surface area contributed by atoms with Crippen molar-refractivity contribution in [2.24, 2.45) is 0 Å². The molecule has 0 N–H and O–H groups in total. The van der Waals surface area contributed by atoms with Crippen LogP contribution in [0.2, 0.25) is 0 Å². The maximum absolute atomic E-state index is 13.6. The summed E-state index contributed by atoms with van der Waals surface area (Å²) in [6, 6.07) is 7.97. The van der Waals surface area contributed by atoms with Gasteiger partial charge in [-0.25, -0.2) is 13.7 Å². The van der Waals surface area contributed by atoms with Crippen molar-refractivity contribution in [3.05, 3.63) is 53.0 Å². The molecule has 0 saturated carbocycles. The second-order valence-corrected chi connectivity index (χ2v) is 7.64. The molecule has 0 saturated heterocycles. The molecular weight excluding hydrogens is 389 g/mol. The first kappa shape index (κ1) is 20.9. The van der Waals surface area contributed by atoms with Gasteiger partial charge in [-0.15, -0.1) is 0 Å². The molecule has 0 aliphatic rings. The molecule has 0 aliphatic carbocycles. The van der Waals surface area contributed by atoms with Crippen LogP contribution >= 0.6 is 11.8 Å². The Morgan fingerprint density at radius 2 is 2.00 bits per heavy atom. The van der Waals surface area contributed by atoms with Crippen molar-refractivity contribution in [3.63, 3.8) is 0 Å². The van der Waals surface area contributed by atoms with Gasteiger partial charge < -0.3 is 4.74 Å². The number of hydrogen-bond acceptors (Lipinski definition) is 5. The molecule has 7 heteroatoms. The molecule has 0 bridgehead atoms. The smallest absolute Gasteiger partial charge is 0.340 e. The molecule has 0 fully saturated rings. The summed E-state index contributed by atoms with van der Waals surface area (Å²) in [5, 5.41) is 16.7. The topological polar surface area (TPSA) is 67.4 Å². The van der Waals surface area contributed by atoms with Crippen LogP contribution in [0.25, 0.3) is 16.6 Å². The molecule has 0 aliphatic heterocycles. The fourth-order valence-electron chi connectivity index (χ4n) is 3.40. The van der Waals surface area contributed by atoms with Gasteiger partial charge in [0.15, 0.2) is 0 Å². The third-order valence-electron chi connectivity index (χ3n) is 4.66. The van der Waals surface area contributed by atoms with E-state index in [2.05, 4.69) is 5.40 Å². The number of thiocyanates is 1. The van der Waals surface area contributed by atoms with E-state index in [0.717, 1.165) is 22.8 Å². The standard InChI is InChI=1S/C22H22FN3O2S/c1-5-14-11-17(29-12-24)26-21(14)18(15-7-9-16(23)10-8-15)19(22(27)28-6-2)20(25-26)13(3)4/h7-11,13H,5-6H2,1-4H3. The van der Waals surface area contributed by atoms with E-state index < -0.39 is 5.97 Å². The van der Waals surface area contributed by atoms with Gasteiger partial charge >= 0.3 is 5.97 Å². The van der Waals surface area contributed by atoms with Crippen molar-refractivity contribution in [1.29, 1.82) is 5.26 Å². The van der Waals surface area contributed by atoms with Gasteiger partial charge in [-0.05, 0) is 48.6 Å². The third-order valence-corrected chi connectivity index (χ3v) is 5.25. The number of aryl methyl sites for hydroxylation is 1. The molecule has 1 aromatic carbocycles. The van der Waals surface area contributed by atoms with Crippen molar-refractivity contribution < 1.29 is 13.9 Å². The molecule has 0 spiro atoms. The number of aromatic nitrogens is 2. The van der Waals surface area contributed by atoms with Crippen LogP contribution in [0.3, 0.4) is 0 Å². The van der Waals surface area contributed by atoms with Crippen LogP contribution in [0.4, 0.5) is 4.39 Å². The van der Waals surface area contributed by atoms with Crippen molar-refractivity contribution in [2.75, 3.05) is 6.61 Å². The number of hydrogen-bond donors (Lipinski definition) is 0. The van der Waals surface area contributed by atoms with E-state index in [9.17, 15) is 14.4 Å². The molecular formula is C22H22FN3O2S. The Labute approximate surface area is 173 Å². The summed E-state index contributed by atoms with van der Waals surface area (Å²) in [7, 11) is 0. The van der Waals surface area contributed by atoms with Crippen molar-refractivity contribution in [2.45, 2.75) is 45.1 Å². The van der Waals surface area contributed by atoms with Crippen LogP contribution in [-0.2, 0) is 11.2 Å². The minimum absolute atomic E-state index is 0.0644. The van der Waals surface area contributed by atoms with Crippen LogP contribution in [0.1, 0.15) is 55.2 Å². The number of thioether (sulfide) groups is 1. The molecule has 0 atom stereocenters. The lowest BCUT2D eigenvalue weighted by molar-refractivity contribution is 0.0524. The Morgan fingerprint density at radius 3 is 2.55 bits per heavy atom. The van der Waals surface area contributed by atoms with E-state index in [4.69, 9.17) is 9.84 Å². The van der Waals surface area contributed by atoms with Gasteiger partial charge in [0, 0.05) is 17.3 Å². The van der Waals surface area contributed by atoms with Crippen LogP contribution in [0.15, 0.2) is 35.4 Å². The average Bonchev–Trinajstić information content (AvgIpc) is 3.05. The maximum Gasteiger partial charge on any atom is 0.340 e. The highest BCUT2D eigenvalue weighted by molar-refractivity contribution is 8.03. The number of fused-ring (bicyclic) bond motifs is 1. The zero-order valence-corrected chi connectivity index (χ0v) is 17.6. The largest absolute Gasteiger partial charge is 0.462 e. The zero-order valence-electron chi connectivity index (χ0n) is 16.8. The Bertz CT molecular complexity index is 1100. The fourth-order valence-corrected chi connectivity index (χ4v) is 3.91. The molecule has 29 heavy (non-hydrogen) atoms. The number of rotatable bonds is 6. The maximum atomic E-state index is 13.6. The van der Waals surface area contributed by atoms with E-state index in [1.807, 2.05) is 26.8 Å². The van der Waals surface area contributed by atoms with Gasteiger partial charge in [0.25, 0.3) is 0 Å². The summed E-state index contributed by atoms with van der Waals surface area (Å²) in [6.07, 6.45) is 0.689. The Kier molecular flexibility index (Phi) is 6.23. The first-order chi connectivity index (χ1) is 13.9. The van der Waals surface area contributed by atoms with Gasteiger partial charge in [0.2, 0.25) is 0 Å². The average molecular weight is 412 g/mol. The summed E-state index contributed by atoms with van der Waals surface area (Å²) < 4.78 is 20.7. The monoisotopic (exact) mass is 411 g/mol. The number of esters is 1. The number of nitriles is 1. The number of carbonyl (C=O) groups excluding carboxylic acids is 1. The lowest BCUT2D eigenvalue weighted by atomic mass is 9.93. The van der Waals surface area contributed by atoms with E-state index in [1.54, 1.807) is 23.6 Å². The van der Waals surface area contributed by atoms with Gasteiger partial charge in [-0.3, -0.25) is 0 Å². The summed E-state index contributed by atoms with van der Waals surface area (Å²) in [4.78, 5) is 13.0. The summed E-state index contributed by atoms with van der Waals surface area (Å²) in [5.41, 5.74) is 4.02. The first-order valence-electron chi connectivity index (χ1n) is 9.50. The van der Waals surface area contributed by atoms with Crippen molar-refractivity contribution in [1.82, 2.24) is 9.61 Å². The van der Waals surface area contributed by atoms with Crippen LogP contribution < -0.4 is 0 Å². The summed E-state index contributed by atoms with van der Waals surface area (Å²) >= 11 is 1.02. The minimum Gasteiger partial charge on any atom is -0.462 e. The first-order valence-corrected chi connectivity index (χ1v) is 10.3. The predicted molar refractivity (Wildman–Crippen MR) is 111 cm³/mol. The Balaban J connectivity index is 2.52. The van der Waals surface area contributed by atoms with Crippen LogP contribution in [-0.4, -0.2) is 22.2 Å². The number of nitrogens with zero attached hydrogens (tertiary/aromatic N) is 3. The molecule has 3 aromatic rings.